The highest BCUT2D eigenvalue weighted by molar-refractivity contribution is 6.09. The summed E-state index contributed by atoms with van der Waals surface area (Å²) in [6.45, 7) is 12.7. The molecule has 1 fully saturated rings. The number of piperidine rings is 1. The Labute approximate surface area is 262 Å². The van der Waals surface area contributed by atoms with E-state index in [0.717, 1.165) is 31.4 Å². The van der Waals surface area contributed by atoms with Crippen molar-refractivity contribution in [3.05, 3.63) is 82.9 Å². The van der Waals surface area contributed by atoms with Gasteiger partial charge in [-0.15, -0.1) is 0 Å². The van der Waals surface area contributed by atoms with Gasteiger partial charge in [0.25, 0.3) is 0 Å². The van der Waals surface area contributed by atoms with E-state index < -0.39 is 12.0 Å². The fourth-order valence-electron chi connectivity index (χ4n) is 5.82. The van der Waals surface area contributed by atoms with Crippen molar-refractivity contribution in [2.24, 2.45) is 5.92 Å². The number of hydrogen-bond acceptors (Lipinski definition) is 6. The molecule has 1 heterocycles. The van der Waals surface area contributed by atoms with Gasteiger partial charge >= 0.3 is 5.97 Å². The first-order chi connectivity index (χ1) is 20.9. The predicted octanol–water partition coefficient (Wildman–Crippen LogP) is 5.20. The molecule has 238 valence electrons. The minimum atomic E-state index is -0.836. The topological polar surface area (TPSA) is 96.0 Å². The Morgan fingerprint density at radius 3 is 2.20 bits per heavy atom. The number of nitrogens with zero attached hydrogens (tertiary/aromatic N) is 2. The molecule has 2 aromatic carbocycles. The average molecular weight is 604 g/mol. The molecule has 2 aromatic rings. The van der Waals surface area contributed by atoms with Crippen molar-refractivity contribution >= 4 is 23.6 Å². The number of benzene rings is 2. The molecule has 1 saturated heterocycles. The number of carbonyl (C=O) groups excluding carboxylic acids is 4. The molecule has 0 saturated carbocycles. The molecule has 3 rings (SSSR count). The Bertz CT molecular complexity index is 1300. The maximum atomic E-state index is 14.2. The fourth-order valence-corrected chi connectivity index (χ4v) is 5.82. The van der Waals surface area contributed by atoms with E-state index in [0.29, 0.717) is 16.7 Å². The lowest BCUT2D eigenvalue weighted by Gasteiger charge is -2.39. The Balaban J connectivity index is 1.89. The number of amides is 2. The van der Waals surface area contributed by atoms with Crippen LogP contribution in [0.5, 0.6) is 0 Å². The standard InChI is InChI=1S/C36H49N3O5/c1-8-44-36(43)26(6)22-32(24(2)3)38(7)35(42)30(37-34(41)31-16-12-13-21-39(31)25(4)5)23-27-17-19-29(20-18-27)33(40)28-14-10-9-11-15-28/h9-11,14-15,17-20,22,24-25,30-32H,8,12-13,16,21,23H2,1-7H3,(H,37,41)/b26-22+/t30?,31?,32-/m1/s1. The summed E-state index contributed by atoms with van der Waals surface area (Å²) in [5.41, 5.74) is 2.41. The number of esters is 1. The van der Waals surface area contributed by atoms with E-state index >= 15 is 0 Å². The van der Waals surface area contributed by atoms with Gasteiger partial charge in [0, 0.05) is 36.2 Å². The molecule has 8 heteroatoms. The van der Waals surface area contributed by atoms with E-state index in [2.05, 4.69) is 24.1 Å². The van der Waals surface area contributed by atoms with Gasteiger partial charge in [-0.3, -0.25) is 19.3 Å². The third-order valence-electron chi connectivity index (χ3n) is 8.31. The summed E-state index contributed by atoms with van der Waals surface area (Å²) in [6.07, 6.45) is 4.78. The molecule has 2 unspecified atom stereocenters. The zero-order valence-electron chi connectivity index (χ0n) is 27.3. The monoisotopic (exact) mass is 603 g/mol. The highest BCUT2D eigenvalue weighted by Gasteiger charge is 2.35. The van der Waals surface area contributed by atoms with E-state index in [1.54, 1.807) is 56.1 Å². The van der Waals surface area contributed by atoms with E-state index in [1.807, 2.05) is 44.2 Å². The number of ketones is 1. The second-order valence-corrected chi connectivity index (χ2v) is 12.3. The predicted molar refractivity (Wildman–Crippen MR) is 173 cm³/mol. The first-order valence-corrected chi connectivity index (χ1v) is 15.8. The number of nitrogens with one attached hydrogen (secondary N) is 1. The van der Waals surface area contributed by atoms with E-state index in [-0.39, 0.29) is 54.7 Å². The minimum Gasteiger partial charge on any atom is -0.463 e. The highest BCUT2D eigenvalue weighted by atomic mass is 16.5. The van der Waals surface area contributed by atoms with Crippen LogP contribution in [-0.2, 0) is 25.5 Å². The number of rotatable bonds is 13. The Hall–Kier alpha value is -3.78. The van der Waals surface area contributed by atoms with Crippen LogP contribution in [0.15, 0.2) is 66.2 Å². The third kappa shape index (κ3) is 9.11. The molecular formula is C36H49N3O5. The van der Waals surface area contributed by atoms with Gasteiger partial charge in [0.05, 0.1) is 18.7 Å². The van der Waals surface area contributed by atoms with Gasteiger partial charge < -0.3 is 15.0 Å². The number of likely N-dealkylation sites (N-methyl/N-ethyl adjacent to an activating group) is 1. The van der Waals surface area contributed by atoms with E-state index in [1.165, 1.54) is 0 Å². The van der Waals surface area contributed by atoms with Crippen molar-refractivity contribution in [2.45, 2.75) is 91.4 Å². The van der Waals surface area contributed by atoms with Crippen LogP contribution in [0.4, 0.5) is 0 Å². The second-order valence-electron chi connectivity index (χ2n) is 12.3. The molecule has 2 amide bonds. The van der Waals surface area contributed by atoms with Gasteiger partial charge in [0.15, 0.2) is 5.78 Å². The van der Waals surface area contributed by atoms with Crippen LogP contribution in [0.1, 0.15) is 82.3 Å². The van der Waals surface area contributed by atoms with Crippen molar-refractivity contribution < 1.29 is 23.9 Å². The lowest BCUT2D eigenvalue weighted by atomic mass is 9.96. The van der Waals surface area contributed by atoms with Crippen LogP contribution < -0.4 is 5.32 Å². The lowest BCUT2D eigenvalue weighted by molar-refractivity contribution is -0.139. The number of hydrogen-bond donors (Lipinski definition) is 1. The summed E-state index contributed by atoms with van der Waals surface area (Å²) in [4.78, 5) is 57.0. The molecule has 0 radical (unpaired) electrons. The fraction of sp³-hybridized carbons (Fsp3) is 0.500. The number of ether oxygens (including phenoxy) is 1. The van der Waals surface area contributed by atoms with Gasteiger partial charge in [-0.1, -0.05) is 80.9 Å². The normalized spacial score (nSPS) is 17.2. The maximum absolute atomic E-state index is 14.2. The third-order valence-corrected chi connectivity index (χ3v) is 8.31. The van der Waals surface area contributed by atoms with Gasteiger partial charge in [-0.2, -0.15) is 0 Å². The summed E-state index contributed by atoms with van der Waals surface area (Å²) >= 11 is 0. The summed E-state index contributed by atoms with van der Waals surface area (Å²) in [5.74, 6) is -0.892. The highest BCUT2D eigenvalue weighted by Crippen LogP contribution is 2.22. The molecule has 1 aliphatic rings. The van der Waals surface area contributed by atoms with Crippen LogP contribution in [0.2, 0.25) is 0 Å². The largest absolute Gasteiger partial charge is 0.463 e. The molecule has 1 N–H and O–H groups in total. The van der Waals surface area contributed by atoms with Gasteiger partial charge in [-0.05, 0) is 58.6 Å². The number of carbonyl (C=O) groups is 4. The first-order valence-electron chi connectivity index (χ1n) is 15.8. The van der Waals surface area contributed by atoms with Crippen molar-refractivity contribution in [1.82, 2.24) is 15.1 Å². The molecule has 0 aromatic heterocycles. The summed E-state index contributed by atoms with van der Waals surface area (Å²) in [5, 5.41) is 3.10. The van der Waals surface area contributed by atoms with Crippen LogP contribution in [0.3, 0.4) is 0 Å². The molecule has 3 atom stereocenters. The number of likely N-dealkylation sites (tertiary alicyclic amines) is 1. The van der Waals surface area contributed by atoms with Gasteiger partial charge in [0.1, 0.15) is 6.04 Å². The maximum Gasteiger partial charge on any atom is 0.333 e. The quantitative estimate of drug-likeness (QED) is 0.192. The van der Waals surface area contributed by atoms with E-state index in [9.17, 15) is 19.2 Å². The molecule has 0 aliphatic carbocycles. The van der Waals surface area contributed by atoms with Crippen LogP contribution in [0, 0.1) is 5.92 Å². The summed E-state index contributed by atoms with van der Waals surface area (Å²) < 4.78 is 5.16. The van der Waals surface area contributed by atoms with Crippen LogP contribution >= 0.6 is 0 Å². The van der Waals surface area contributed by atoms with Crippen molar-refractivity contribution in [1.29, 1.82) is 0 Å². The average Bonchev–Trinajstić information content (AvgIpc) is 3.02. The van der Waals surface area contributed by atoms with Gasteiger partial charge in [0.2, 0.25) is 11.8 Å². The molecule has 44 heavy (non-hydrogen) atoms. The zero-order chi connectivity index (χ0) is 32.4. The first kappa shape index (κ1) is 34.7. The smallest absolute Gasteiger partial charge is 0.333 e. The van der Waals surface area contributed by atoms with Crippen LogP contribution in [0.25, 0.3) is 0 Å². The second kappa shape index (κ2) is 16.3. The molecule has 0 spiro atoms. The SMILES string of the molecule is CCOC(=O)/C(C)=C/[C@H](C(C)C)N(C)C(=O)C(Cc1ccc(C(=O)c2ccccc2)cc1)NC(=O)C1CCCCN1C(C)C. The molecular weight excluding hydrogens is 554 g/mol. The molecule has 8 nitrogen and oxygen atoms in total. The van der Waals surface area contributed by atoms with Crippen molar-refractivity contribution in [3.8, 4) is 0 Å². The van der Waals surface area contributed by atoms with Gasteiger partial charge in [-0.25, -0.2) is 4.79 Å². The molecule has 0 bridgehead atoms. The minimum absolute atomic E-state index is 0.00253. The summed E-state index contributed by atoms with van der Waals surface area (Å²) in [6, 6.07) is 15.0. The van der Waals surface area contributed by atoms with E-state index in [4.69, 9.17) is 4.74 Å². The zero-order valence-corrected chi connectivity index (χ0v) is 27.3. The molecule has 1 aliphatic heterocycles. The van der Waals surface area contributed by atoms with Crippen molar-refractivity contribution in [3.63, 3.8) is 0 Å². The van der Waals surface area contributed by atoms with Crippen LogP contribution in [-0.4, -0.2) is 77.7 Å². The van der Waals surface area contributed by atoms with Crippen molar-refractivity contribution in [2.75, 3.05) is 20.2 Å². The lowest BCUT2D eigenvalue weighted by Crippen LogP contribution is -2.58. The summed E-state index contributed by atoms with van der Waals surface area (Å²) in [7, 11) is 1.71. The Morgan fingerprint density at radius 1 is 0.977 bits per heavy atom. The Kier molecular flexibility index (Phi) is 12.9. The Morgan fingerprint density at radius 2 is 1.61 bits per heavy atom.